The van der Waals surface area contributed by atoms with Gasteiger partial charge in [0.2, 0.25) is 0 Å². The van der Waals surface area contributed by atoms with Gasteiger partial charge in [-0.25, -0.2) is 0 Å². The molecule has 0 N–H and O–H groups in total. The monoisotopic (exact) mass is 590 g/mol. The first-order valence-electron chi connectivity index (χ1n) is 15.4. The third kappa shape index (κ3) is 3.62. The summed E-state index contributed by atoms with van der Waals surface area (Å²) >= 11 is 1.87. The first-order valence-corrected chi connectivity index (χ1v) is 16.2. The molecule has 3 heteroatoms. The maximum absolute atomic E-state index is 2.45. The van der Waals surface area contributed by atoms with Gasteiger partial charge in [0.05, 0.1) is 16.6 Å². The molecule has 210 valence electrons. The molecule has 2 nitrogen and oxygen atoms in total. The van der Waals surface area contributed by atoms with Crippen LogP contribution >= 0.6 is 11.3 Å². The van der Waals surface area contributed by atoms with Crippen molar-refractivity contribution in [2.45, 2.75) is 0 Å². The predicted molar refractivity (Wildman–Crippen MR) is 194 cm³/mol. The molecule has 45 heavy (non-hydrogen) atoms. The van der Waals surface area contributed by atoms with Crippen LogP contribution < -0.4 is 4.90 Å². The molecule has 0 bridgehead atoms. The van der Waals surface area contributed by atoms with Crippen LogP contribution in [0, 0.1) is 0 Å². The molecule has 0 aliphatic carbocycles. The van der Waals surface area contributed by atoms with Crippen molar-refractivity contribution in [2.75, 3.05) is 4.90 Å². The third-order valence-electron chi connectivity index (χ3n) is 9.30. The van der Waals surface area contributed by atoms with E-state index in [9.17, 15) is 0 Å². The average Bonchev–Trinajstić information content (AvgIpc) is 3.75. The number of anilines is 3. The van der Waals surface area contributed by atoms with E-state index < -0.39 is 0 Å². The van der Waals surface area contributed by atoms with Crippen LogP contribution in [0.2, 0.25) is 0 Å². The van der Waals surface area contributed by atoms with Crippen molar-refractivity contribution in [3.05, 3.63) is 158 Å². The third-order valence-corrected chi connectivity index (χ3v) is 10.4. The fraction of sp³-hybridized carbons (Fsp3) is 0. The zero-order valence-corrected chi connectivity index (χ0v) is 25.1. The topological polar surface area (TPSA) is 7.65 Å². The lowest BCUT2D eigenvalue weighted by atomic mass is 10.0. The quantitative estimate of drug-likeness (QED) is 0.198. The van der Waals surface area contributed by atoms with Crippen LogP contribution in [-0.2, 0) is 0 Å². The minimum Gasteiger partial charge on any atom is -0.310 e. The lowest BCUT2D eigenvalue weighted by Gasteiger charge is -2.26. The first-order chi connectivity index (χ1) is 22.3. The number of hydrogen-bond donors (Lipinski definition) is 0. The zero-order chi connectivity index (χ0) is 29.5. The Hall–Kier alpha value is -5.64. The number of benzene rings is 7. The van der Waals surface area contributed by atoms with Gasteiger partial charge in [-0.2, -0.15) is 0 Å². The smallest absolute Gasteiger partial charge is 0.0622 e. The van der Waals surface area contributed by atoms with Crippen LogP contribution in [0.4, 0.5) is 17.1 Å². The highest BCUT2D eigenvalue weighted by molar-refractivity contribution is 7.25. The van der Waals surface area contributed by atoms with Crippen molar-refractivity contribution in [1.29, 1.82) is 0 Å². The Bertz CT molecular complexity index is 2610. The number of aromatic nitrogens is 1. The van der Waals surface area contributed by atoms with Gasteiger partial charge in [-0.05, 0) is 65.7 Å². The summed E-state index contributed by atoms with van der Waals surface area (Å²) in [5, 5.41) is 7.76. The van der Waals surface area contributed by atoms with E-state index in [2.05, 4.69) is 167 Å². The van der Waals surface area contributed by atoms with Crippen LogP contribution in [-0.4, -0.2) is 4.40 Å². The van der Waals surface area contributed by atoms with Gasteiger partial charge in [0.15, 0.2) is 0 Å². The van der Waals surface area contributed by atoms with Crippen molar-refractivity contribution < 1.29 is 0 Å². The summed E-state index contributed by atoms with van der Waals surface area (Å²) in [7, 11) is 0. The summed E-state index contributed by atoms with van der Waals surface area (Å²) in [5.41, 5.74) is 9.68. The SMILES string of the molecule is c1ccc(-c2ccc(N(c3ccc4c(c3)sc3ccccc34)c3cc4c5ccccc5n5c6ccccc6c(c3)c45)cc2)cc1. The Morgan fingerprint density at radius 2 is 0.933 bits per heavy atom. The summed E-state index contributed by atoms with van der Waals surface area (Å²) in [6.07, 6.45) is 0. The van der Waals surface area contributed by atoms with E-state index >= 15 is 0 Å². The molecule has 0 saturated carbocycles. The normalized spacial score (nSPS) is 12.0. The Balaban J connectivity index is 1.25. The predicted octanol–water partition coefficient (Wildman–Crippen LogP) is 12.3. The summed E-state index contributed by atoms with van der Waals surface area (Å²) in [5.74, 6) is 0. The van der Waals surface area contributed by atoms with Crippen molar-refractivity contribution in [3.63, 3.8) is 0 Å². The number of nitrogens with zero attached hydrogens (tertiary/aromatic N) is 2. The van der Waals surface area contributed by atoms with Gasteiger partial charge in [0.1, 0.15) is 0 Å². The number of fused-ring (bicyclic) bond motifs is 9. The molecule has 0 amide bonds. The largest absolute Gasteiger partial charge is 0.310 e. The molecular formula is C42H26N2S. The van der Waals surface area contributed by atoms with E-state index in [1.165, 1.54) is 69.4 Å². The lowest BCUT2D eigenvalue weighted by Crippen LogP contribution is -2.09. The number of rotatable bonds is 4. The Labute approximate surface area is 264 Å². The molecule has 0 fully saturated rings. The summed E-state index contributed by atoms with van der Waals surface area (Å²) in [6.45, 7) is 0. The molecule has 0 spiro atoms. The second kappa shape index (κ2) is 9.43. The van der Waals surface area contributed by atoms with E-state index in [1.54, 1.807) is 0 Å². The van der Waals surface area contributed by atoms with Gasteiger partial charge in [0.25, 0.3) is 0 Å². The van der Waals surface area contributed by atoms with Crippen LogP contribution in [0.5, 0.6) is 0 Å². The van der Waals surface area contributed by atoms with Crippen LogP contribution in [0.25, 0.3) is 69.4 Å². The molecule has 0 atom stereocenters. The van der Waals surface area contributed by atoms with E-state index in [0.29, 0.717) is 0 Å². The molecular weight excluding hydrogens is 565 g/mol. The van der Waals surface area contributed by atoms with Crippen LogP contribution in [0.3, 0.4) is 0 Å². The minimum atomic E-state index is 1.14. The molecule has 10 rings (SSSR count). The van der Waals surface area contributed by atoms with E-state index in [-0.39, 0.29) is 0 Å². The fourth-order valence-corrected chi connectivity index (χ4v) is 8.44. The molecule has 3 aromatic heterocycles. The van der Waals surface area contributed by atoms with Crippen molar-refractivity contribution in [3.8, 4) is 11.1 Å². The van der Waals surface area contributed by atoms with E-state index in [0.717, 1.165) is 17.1 Å². The average molecular weight is 591 g/mol. The number of hydrogen-bond acceptors (Lipinski definition) is 2. The fourth-order valence-electron chi connectivity index (χ4n) is 7.30. The Kier molecular flexibility index (Phi) is 5.19. The Morgan fingerprint density at radius 3 is 1.64 bits per heavy atom. The molecule has 3 heterocycles. The van der Waals surface area contributed by atoms with Gasteiger partial charge in [-0.3, -0.25) is 0 Å². The molecule has 10 aromatic rings. The maximum atomic E-state index is 2.45. The molecule has 0 aliphatic rings. The molecule has 0 aliphatic heterocycles. The van der Waals surface area contributed by atoms with Gasteiger partial charge in [-0.15, -0.1) is 11.3 Å². The summed E-state index contributed by atoms with van der Waals surface area (Å²) in [6, 6.07) is 57.7. The highest BCUT2D eigenvalue weighted by atomic mass is 32.1. The summed E-state index contributed by atoms with van der Waals surface area (Å²) < 4.78 is 5.07. The minimum absolute atomic E-state index is 1.14. The van der Waals surface area contributed by atoms with Crippen molar-refractivity contribution in [2.24, 2.45) is 0 Å². The maximum Gasteiger partial charge on any atom is 0.0622 e. The van der Waals surface area contributed by atoms with Crippen molar-refractivity contribution >= 4 is 86.7 Å². The first kappa shape index (κ1) is 24.8. The van der Waals surface area contributed by atoms with Gasteiger partial charge < -0.3 is 9.30 Å². The van der Waals surface area contributed by atoms with E-state index in [1.807, 2.05) is 11.3 Å². The Morgan fingerprint density at radius 1 is 0.378 bits per heavy atom. The molecule has 0 unspecified atom stereocenters. The molecule has 0 saturated heterocycles. The highest BCUT2D eigenvalue weighted by Crippen LogP contribution is 2.46. The van der Waals surface area contributed by atoms with Crippen LogP contribution in [0.15, 0.2) is 158 Å². The molecule has 0 radical (unpaired) electrons. The standard InChI is InChI=1S/C42H26N2S/c1-2-10-27(11-3-1)28-18-20-29(21-19-28)43(30-22-23-35-34-14-6-9-17-40(34)45-41(35)26-30)31-24-36-32-12-4-7-15-38(32)44-39-16-8-5-13-33(39)37(25-31)42(36)44/h1-26H. The summed E-state index contributed by atoms with van der Waals surface area (Å²) in [4.78, 5) is 2.43. The molecule has 7 aromatic carbocycles. The number of thiophene rings is 1. The second-order valence-corrected chi connectivity index (χ2v) is 12.9. The van der Waals surface area contributed by atoms with E-state index in [4.69, 9.17) is 0 Å². The highest BCUT2D eigenvalue weighted by Gasteiger charge is 2.22. The zero-order valence-electron chi connectivity index (χ0n) is 24.3. The van der Waals surface area contributed by atoms with Crippen LogP contribution in [0.1, 0.15) is 0 Å². The number of para-hydroxylation sites is 2. The van der Waals surface area contributed by atoms with Gasteiger partial charge >= 0.3 is 0 Å². The van der Waals surface area contributed by atoms with Gasteiger partial charge in [0, 0.05) is 58.8 Å². The lowest BCUT2D eigenvalue weighted by molar-refractivity contribution is 1.30. The van der Waals surface area contributed by atoms with Gasteiger partial charge in [-0.1, -0.05) is 103 Å². The second-order valence-electron chi connectivity index (χ2n) is 11.8. The van der Waals surface area contributed by atoms with Crippen molar-refractivity contribution in [1.82, 2.24) is 4.40 Å².